The number of Topliss-reactive ketones (excluding diaryl/α,β-unsaturated/α-hetero) is 1. The van der Waals surface area contributed by atoms with E-state index in [9.17, 15) is 14.2 Å². The maximum atomic E-state index is 10.5. The molecule has 0 saturated carbocycles. The third kappa shape index (κ3) is 4.61. The first-order chi connectivity index (χ1) is 4.87. The molecule has 0 aliphatic heterocycles. The molecule has 0 aliphatic carbocycles. The van der Waals surface area contributed by atoms with Crippen LogP contribution in [0, 0.1) is 0 Å². The molecule has 0 amide bonds. The fourth-order valence-corrected chi connectivity index (χ4v) is 0.909. The van der Waals surface area contributed by atoms with Crippen molar-refractivity contribution in [3.8, 4) is 0 Å². The summed E-state index contributed by atoms with van der Waals surface area (Å²) in [4.78, 5) is 37.3. The summed E-state index contributed by atoms with van der Waals surface area (Å²) in [7, 11) is -4.41. The highest BCUT2D eigenvalue weighted by Gasteiger charge is 2.22. The molecule has 0 unspecified atom stereocenters. The molecule has 0 aromatic rings. The van der Waals surface area contributed by atoms with Crippen molar-refractivity contribution in [2.75, 3.05) is 6.16 Å². The van der Waals surface area contributed by atoms with Crippen LogP contribution in [0.4, 0.5) is 0 Å². The summed E-state index contributed by atoms with van der Waals surface area (Å²) in [6.45, 7) is 2.99. The van der Waals surface area contributed by atoms with E-state index in [0.717, 1.165) is 6.08 Å². The van der Waals surface area contributed by atoms with Gasteiger partial charge in [-0.25, -0.2) is 0 Å². The molecule has 0 aromatic carbocycles. The third-order valence-electron chi connectivity index (χ3n) is 0.810. The standard InChI is InChI=1S/C5H7O5P/c1-2-4(6)5(7)3-11(8,9)10/h2H,1,3H2,(H2,8,9,10). The van der Waals surface area contributed by atoms with Gasteiger partial charge >= 0.3 is 7.60 Å². The third-order valence-corrected chi connectivity index (χ3v) is 1.51. The van der Waals surface area contributed by atoms with Crippen molar-refractivity contribution in [3.05, 3.63) is 12.7 Å². The number of carbonyl (C=O) groups excluding carboxylic acids is 2. The topological polar surface area (TPSA) is 91.7 Å². The normalized spacial score (nSPS) is 10.7. The lowest BCUT2D eigenvalue weighted by atomic mass is 10.3. The van der Waals surface area contributed by atoms with E-state index in [2.05, 4.69) is 6.58 Å². The minimum Gasteiger partial charge on any atom is -0.324 e. The van der Waals surface area contributed by atoms with Gasteiger partial charge in [0, 0.05) is 0 Å². The number of ketones is 2. The summed E-state index contributed by atoms with van der Waals surface area (Å²) in [6, 6.07) is 0. The van der Waals surface area contributed by atoms with E-state index in [1.807, 2.05) is 0 Å². The molecule has 0 heterocycles. The predicted molar refractivity (Wildman–Crippen MR) is 37.1 cm³/mol. The van der Waals surface area contributed by atoms with E-state index in [-0.39, 0.29) is 0 Å². The van der Waals surface area contributed by atoms with E-state index in [0.29, 0.717) is 0 Å². The molecule has 0 bridgehead atoms. The average molecular weight is 178 g/mol. The van der Waals surface area contributed by atoms with E-state index < -0.39 is 25.3 Å². The second-order valence-electron chi connectivity index (χ2n) is 1.81. The van der Waals surface area contributed by atoms with E-state index >= 15 is 0 Å². The molecule has 6 heteroatoms. The van der Waals surface area contributed by atoms with Crippen LogP contribution in [0.1, 0.15) is 0 Å². The molecule has 2 N–H and O–H groups in total. The number of rotatable bonds is 4. The molecular weight excluding hydrogens is 171 g/mol. The zero-order valence-corrected chi connectivity index (χ0v) is 6.45. The number of hydrogen-bond acceptors (Lipinski definition) is 3. The second-order valence-corrected chi connectivity index (χ2v) is 3.46. The quantitative estimate of drug-likeness (QED) is 0.343. The van der Waals surface area contributed by atoms with Crippen molar-refractivity contribution >= 4 is 19.2 Å². The molecule has 0 spiro atoms. The molecular formula is C5H7O5P. The van der Waals surface area contributed by atoms with Crippen LogP contribution >= 0.6 is 7.60 Å². The molecule has 62 valence electrons. The van der Waals surface area contributed by atoms with Crippen molar-refractivity contribution in [1.29, 1.82) is 0 Å². The van der Waals surface area contributed by atoms with Crippen LogP contribution in [0.2, 0.25) is 0 Å². The summed E-state index contributed by atoms with van der Waals surface area (Å²) in [5, 5.41) is 0. The fraction of sp³-hybridized carbons (Fsp3) is 0.200. The van der Waals surface area contributed by atoms with Gasteiger partial charge in [0.2, 0.25) is 11.6 Å². The van der Waals surface area contributed by atoms with Gasteiger partial charge in [-0.15, -0.1) is 0 Å². The monoisotopic (exact) mass is 178 g/mol. The van der Waals surface area contributed by atoms with Crippen molar-refractivity contribution in [3.63, 3.8) is 0 Å². The van der Waals surface area contributed by atoms with Gasteiger partial charge in [0.05, 0.1) is 0 Å². The molecule has 5 nitrogen and oxygen atoms in total. The van der Waals surface area contributed by atoms with Crippen LogP contribution < -0.4 is 0 Å². The lowest BCUT2D eigenvalue weighted by Gasteiger charge is -1.98. The van der Waals surface area contributed by atoms with Gasteiger partial charge in [0.1, 0.15) is 6.16 Å². The fourth-order valence-electron chi connectivity index (χ4n) is 0.379. The summed E-state index contributed by atoms with van der Waals surface area (Å²) in [6.07, 6.45) is -0.324. The first-order valence-electron chi connectivity index (χ1n) is 2.61. The Morgan fingerprint density at radius 3 is 2.18 bits per heavy atom. The van der Waals surface area contributed by atoms with Crippen LogP contribution in [0.3, 0.4) is 0 Å². The second kappa shape index (κ2) is 3.57. The molecule has 0 rings (SSSR count). The van der Waals surface area contributed by atoms with E-state index in [4.69, 9.17) is 9.79 Å². The molecule has 11 heavy (non-hydrogen) atoms. The molecule has 0 aromatic heterocycles. The maximum absolute atomic E-state index is 10.5. The molecule has 0 saturated heterocycles. The lowest BCUT2D eigenvalue weighted by molar-refractivity contribution is -0.132. The summed E-state index contributed by atoms with van der Waals surface area (Å²) in [5.41, 5.74) is 0. The zero-order valence-electron chi connectivity index (χ0n) is 5.56. The van der Waals surface area contributed by atoms with Gasteiger partial charge in [-0.05, 0) is 6.08 Å². The van der Waals surface area contributed by atoms with Crippen molar-refractivity contribution < 1.29 is 23.9 Å². The lowest BCUT2D eigenvalue weighted by Crippen LogP contribution is -2.15. The van der Waals surface area contributed by atoms with Crippen molar-refractivity contribution in [2.24, 2.45) is 0 Å². The highest BCUT2D eigenvalue weighted by molar-refractivity contribution is 7.53. The Labute approximate surface area is 62.9 Å². The highest BCUT2D eigenvalue weighted by Crippen LogP contribution is 2.33. The van der Waals surface area contributed by atoms with E-state index in [1.165, 1.54) is 0 Å². The van der Waals surface area contributed by atoms with Crippen LogP contribution in [0.15, 0.2) is 12.7 Å². The smallest absolute Gasteiger partial charge is 0.324 e. The Hall–Kier alpha value is -0.770. The van der Waals surface area contributed by atoms with Gasteiger partial charge in [0.25, 0.3) is 0 Å². The first kappa shape index (κ1) is 10.2. The summed E-state index contributed by atoms with van der Waals surface area (Å²) >= 11 is 0. The SMILES string of the molecule is C=CC(=O)C(=O)CP(=O)(O)O. The Bertz CT molecular complexity index is 237. The largest absolute Gasteiger partial charge is 0.333 e. The minimum absolute atomic E-state index is 0.720. The molecule has 0 fully saturated rings. The Morgan fingerprint density at radius 2 is 1.91 bits per heavy atom. The molecule has 0 aliphatic rings. The Kier molecular flexibility index (Phi) is 3.32. The average Bonchev–Trinajstić information content (AvgIpc) is 1.82. The van der Waals surface area contributed by atoms with Gasteiger partial charge in [-0.3, -0.25) is 14.2 Å². The summed E-state index contributed by atoms with van der Waals surface area (Å²) < 4.78 is 10.1. The number of hydrogen-bond donors (Lipinski definition) is 2. The minimum atomic E-state index is -4.41. The van der Waals surface area contributed by atoms with Gasteiger partial charge in [-0.1, -0.05) is 6.58 Å². The van der Waals surface area contributed by atoms with Crippen LogP contribution in [0.5, 0.6) is 0 Å². The predicted octanol–water partition coefficient (Wildman–Crippen LogP) is -0.512. The highest BCUT2D eigenvalue weighted by atomic mass is 31.2. The van der Waals surface area contributed by atoms with E-state index in [1.54, 1.807) is 0 Å². The number of allylic oxidation sites excluding steroid dienone is 1. The zero-order chi connectivity index (χ0) is 9.07. The Balaban J connectivity index is 4.21. The molecule has 0 radical (unpaired) electrons. The molecule has 0 atom stereocenters. The van der Waals surface area contributed by atoms with Gasteiger partial charge < -0.3 is 9.79 Å². The van der Waals surface area contributed by atoms with Gasteiger partial charge in [0.15, 0.2) is 0 Å². The summed E-state index contributed by atoms with van der Waals surface area (Å²) in [5.74, 6) is -2.10. The van der Waals surface area contributed by atoms with Crippen LogP contribution in [-0.2, 0) is 14.2 Å². The number of carbonyl (C=O) groups is 2. The van der Waals surface area contributed by atoms with Crippen LogP contribution in [-0.4, -0.2) is 27.5 Å². The van der Waals surface area contributed by atoms with Crippen LogP contribution in [0.25, 0.3) is 0 Å². The Morgan fingerprint density at radius 1 is 1.45 bits per heavy atom. The van der Waals surface area contributed by atoms with Gasteiger partial charge in [-0.2, -0.15) is 0 Å². The maximum Gasteiger partial charge on any atom is 0.333 e. The first-order valence-corrected chi connectivity index (χ1v) is 4.41. The van der Waals surface area contributed by atoms with Crippen molar-refractivity contribution in [1.82, 2.24) is 0 Å². The van der Waals surface area contributed by atoms with Crippen molar-refractivity contribution in [2.45, 2.75) is 0 Å².